The van der Waals surface area contributed by atoms with Crippen LogP contribution in [0.4, 0.5) is 5.69 Å². The van der Waals surface area contributed by atoms with Crippen molar-refractivity contribution in [1.82, 2.24) is 5.32 Å². The van der Waals surface area contributed by atoms with Gasteiger partial charge >= 0.3 is 0 Å². The average Bonchev–Trinajstić information content (AvgIpc) is 2.40. The van der Waals surface area contributed by atoms with Crippen LogP contribution in [-0.4, -0.2) is 24.5 Å². The van der Waals surface area contributed by atoms with Crippen molar-refractivity contribution in [3.8, 4) is 0 Å². The first-order chi connectivity index (χ1) is 8.08. The van der Waals surface area contributed by atoms with E-state index in [1.165, 1.54) is 5.56 Å². The van der Waals surface area contributed by atoms with Gasteiger partial charge in [-0.05, 0) is 44.9 Å². The molecule has 0 saturated carbocycles. The molecule has 1 aromatic carbocycles. The van der Waals surface area contributed by atoms with Crippen LogP contribution in [0.2, 0.25) is 0 Å². The molecule has 1 N–H and O–H groups in total. The first kappa shape index (κ1) is 12.1. The molecule has 3 nitrogen and oxygen atoms in total. The van der Waals surface area contributed by atoms with E-state index in [4.69, 9.17) is 0 Å². The van der Waals surface area contributed by atoms with Crippen molar-refractivity contribution in [2.24, 2.45) is 0 Å². The molecular weight excluding hydrogens is 212 g/mol. The third kappa shape index (κ3) is 2.67. The molecule has 1 aliphatic rings. The van der Waals surface area contributed by atoms with Gasteiger partial charge in [0.15, 0.2) is 0 Å². The van der Waals surface area contributed by atoms with E-state index < -0.39 is 0 Å². The summed E-state index contributed by atoms with van der Waals surface area (Å²) in [4.78, 5) is 14.2. The molecule has 1 aromatic rings. The minimum Gasteiger partial charge on any atom is -0.311 e. The van der Waals surface area contributed by atoms with Crippen molar-refractivity contribution >= 4 is 11.6 Å². The molecule has 1 amide bonds. The Morgan fingerprint density at radius 2 is 2.12 bits per heavy atom. The summed E-state index contributed by atoms with van der Waals surface area (Å²) < 4.78 is 0. The van der Waals surface area contributed by atoms with Gasteiger partial charge in [-0.3, -0.25) is 4.79 Å². The van der Waals surface area contributed by atoms with E-state index in [2.05, 4.69) is 31.3 Å². The smallest absolute Gasteiger partial charge is 0.243 e. The highest BCUT2D eigenvalue weighted by atomic mass is 16.2. The molecule has 0 spiro atoms. The number of benzene rings is 1. The van der Waals surface area contributed by atoms with E-state index in [9.17, 15) is 4.79 Å². The van der Waals surface area contributed by atoms with Gasteiger partial charge in [-0.2, -0.15) is 0 Å². The van der Waals surface area contributed by atoms with Crippen LogP contribution in [0.1, 0.15) is 25.8 Å². The number of hydrogen-bond acceptors (Lipinski definition) is 2. The molecule has 2 atom stereocenters. The van der Waals surface area contributed by atoms with Crippen molar-refractivity contribution in [2.75, 3.05) is 11.4 Å². The Labute approximate surface area is 103 Å². The molecule has 2 unspecified atom stereocenters. The number of aryl methyl sites for hydroxylation is 1. The molecule has 1 fully saturated rings. The molecular formula is C14H20N2O. The van der Waals surface area contributed by atoms with Crippen LogP contribution in [0.25, 0.3) is 0 Å². The second-order valence-corrected chi connectivity index (χ2v) is 4.91. The van der Waals surface area contributed by atoms with Gasteiger partial charge in [-0.15, -0.1) is 0 Å². The predicted molar refractivity (Wildman–Crippen MR) is 70.2 cm³/mol. The summed E-state index contributed by atoms with van der Waals surface area (Å²) in [6.45, 7) is 6.91. The van der Waals surface area contributed by atoms with Gasteiger partial charge in [-0.25, -0.2) is 0 Å². The van der Waals surface area contributed by atoms with Gasteiger partial charge in [0.1, 0.15) is 0 Å². The van der Waals surface area contributed by atoms with Crippen molar-refractivity contribution in [3.63, 3.8) is 0 Å². The second-order valence-electron chi connectivity index (χ2n) is 4.91. The van der Waals surface area contributed by atoms with E-state index in [-0.39, 0.29) is 11.9 Å². The van der Waals surface area contributed by atoms with Gasteiger partial charge in [0.25, 0.3) is 0 Å². The zero-order chi connectivity index (χ0) is 12.4. The molecule has 1 aliphatic heterocycles. The highest BCUT2D eigenvalue weighted by molar-refractivity contribution is 5.97. The molecule has 2 rings (SSSR count). The highest BCUT2D eigenvalue weighted by Crippen LogP contribution is 2.19. The van der Waals surface area contributed by atoms with Crippen LogP contribution in [0.3, 0.4) is 0 Å². The largest absolute Gasteiger partial charge is 0.311 e. The van der Waals surface area contributed by atoms with Crippen LogP contribution in [-0.2, 0) is 4.79 Å². The quantitative estimate of drug-likeness (QED) is 0.804. The number of carbonyl (C=O) groups is 1. The summed E-state index contributed by atoms with van der Waals surface area (Å²) in [6, 6.07) is 8.42. The molecule has 1 saturated heterocycles. The Morgan fingerprint density at radius 1 is 1.35 bits per heavy atom. The summed E-state index contributed by atoms with van der Waals surface area (Å²) >= 11 is 0. The van der Waals surface area contributed by atoms with Crippen molar-refractivity contribution < 1.29 is 4.79 Å². The Balaban J connectivity index is 2.27. The SMILES string of the molecule is Cc1cccc(N2CCC(C)NC(C)C2=O)c1. The van der Waals surface area contributed by atoms with E-state index in [1.807, 2.05) is 24.0 Å². The van der Waals surface area contributed by atoms with Crippen molar-refractivity contribution in [1.29, 1.82) is 0 Å². The second kappa shape index (κ2) is 4.88. The predicted octanol–water partition coefficient (Wildman–Crippen LogP) is 2.10. The van der Waals surface area contributed by atoms with Crippen LogP contribution in [0.15, 0.2) is 24.3 Å². The number of nitrogens with zero attached hydrogens (tertiary/aromatic N) is 1. The number of carbonyl (C=O) groups excluding carboxylic acids is 1. The van der Waals surface area contributed by atoms with Gasteiger partial charge in [0.05, 0.1) is 6.04 Å². The Morgan fingerprint density at radius 3 is 2.82 bits per heavy atom. The Bertz CT molecular complexity index is 416. The number of hydrogen-bond donors (Lipinski definition) is 1. The fraction of sp³-hybridized carbons (Fsp3) is 0.500. The maximum atomic E-state index is 12.3. The molecule has 0 radical (unpaired) electrons. The normalized spacial score (nSPS) is 25.8. The summed E-state index contributed by atoms with van der Waals surface area (Å²) in [5.41, 5.74) is 2.20. The minimum atomic E-state index is -0.104. The summed E-state index contributed by atoms with van der Waals surface area (Å²) in [7, 11) is 0. The number of rotatable bonds is 1. The van der Waals surface area contributed by atoms with Gasteiger partial charge in [0.2, 0.25) is 5.91 Å². The topological polar surface area (TPSA) is 32.3 Å². The summed E-state index contributed by atoms with van der Waals surface area (Å²) in [5, 5.41) is 3.31. The molecule has 0 aliphatic carbocycles. The first-order valence-corrected chi connectivity index (χ1v) is 6.22. The van der Waals surface area contributed by atoms with Crippen LogP contribution < -0.4 is 10.2 Å². The zero-order valence-corrected chi connectivity index (χ0v) is 10.7. The van der Waals surface area contributed by atoms with E-state index in [0.29, 0.717) is 6.04 Å². The standard InChI is InChI=1S/C14H20N2O/c1-10-5-4-6-13(9-10)16-8-7-11(2)15-12(3)14(16)17/h4-6,9,11-12,15H,7-8H2,1-3H3. The third-order valence-corrected chi connectivity index (χ3v) is 3.27. The third-order valence-electron chi connectivity index (χ3n) is 3.27. The summed E-state index contributed by atoms with van der Waals surface area (Å²) in [6.07, 6.45) is 0.990. The zero-order valence-electron chi connectivity index (χ0n) is 10.7. The van der Waals surface area contributed by atoms with E-state index in [0.717, 1.165) is 18.7 Å². The number of nitrogens with one attached hydrogen (secondary N) is 1. The van der Waals surface area contributed by atoms with Crippen LogP contribution in [0.5, 0.6) is 0 Å². The molecule has 0 bridgehead atoms. The maximum Gasteiger partial charge on any atom is 0.243 e. The van der Waals surface area contributed by atoms with Crippen LogP contribution in [0, 0.1) is 6.92 Å². The lowest BCUT2D eigenvalue weighted by atomic mass is 10.2. The van der Waals surface area contributed by atoms with E-state index >= 15 is 0 Å². The fourth-order valence-corrected chi connectivity index (χ4v) is 2.30. The van der Waals surface area contributed by atoms with Crippen molar-refractivity contribution in [2.45, 2.75) is 39.3 Å². The molecule has 92 valence electrons. The monoisotopic (exact) mass is 232 g/mol. The lowest BCUT2D eigenvalue weighted by Crippen LogP contribution is -2.43. The molecule has 3 heteroatoms. The highest BCUT2D eigenvalue weighted by Gasteiger charge is 2.26. The van der Waals surface area contributed by atoms with Crippen molar-refractivity contribution in [3.05, 3.63) is 29.8 Å². The maximum absolute atomic E-state index is 12.3. The molecule has 17 heavy (non-hydrogen) atoms. The fourth-order valence-electron chi connectivity index (χ4n) is 2.30. The van der Waals surface area contributed by atoms with E-state index in [1.54, 1.807) is 0 Å². The lowest BCUT2D eigenvalue weighted by Gasteiger charge is -2.23. The average molecular weight is 232 g/mol. The Hall–Kier alpha value is -1.35. The summed E-state index contributed by atoms with van der Waals surface area (Å²) in [5.74, 6) is 0.167. The van der Waals surface area contributed by atoms with Gasteiger partial charge in [0, 0.05) is 18.3 Å². The Kier molecular flexibility index (Phi) is 3.48. The number of anilines is 1. The van der Waals surface area contributed by atoms with Crippen LogP contribution >= 0.6 is 0 Å². The number of amides is 1. The van der Waals surface area contributed by atoms with Gasteiger partial charge in [-0.1, -0.05) is 12.1 Å². The molecule has 1 heterocycles. The molecule has 0 aromatic heterocycles. The first-order valence-electron chi connectivity index (χ1n) is 6.22. The minimum absolute atomic E-state index is 0.104. The van der Waals surface area contributed by atoms with Gasteiger partial charge < -0.3 is 10.2 Å². The lowest BCUT2D eigenvalue weighted by molar-refractivity contribution is -0.119.